The maximum Gasteiger partial charge on any atom is 0.242 e. The summed E-state index contributed by atoms with van der Waals surface area (Å²) in [6.07, 6.45) is 2.37. The third-order valence-electron chi connectivity index (χ3n) is 3.03. The number of hydrogen-bond donors (Lipinski definition) is 3. The second-order valence-corrected chi connectivity index (χ2v) is 8.58. The van der Waals surface area contributed by atoms with Gasteiger partial charge in [0.05, 0.1) is 16.4 Å². The predicted molar refractivity (Wildman–Crippen MR) is 70.7 cm³/mol. The van der Waals surface area contributed by atoms with Crippen molar-refractivity contribution < 1.29 is 16.8 Å². The second kappa shape index (κ2) is 5.23. The molecular formula is C10H17N3O4S2. The van der Waals surface area contributed by atoms with Crippen LogP contribution in [0.5, 0.6) is 0 Å². The summed E-state index contributed by atoms with van der Waals surface area (Å²) in [6.45, 7) is 0.216. The Morgan fingerprint density at radius 3 is 2.79 bits per heavy atom. The van der Waals surface area contributed by atoms with E-state index in [1.165, 1.54) is 12.3 Å². The number of rotatable bonds is 4. The Labute approximate surface area is 112 Å². The van der Waals surface area contributed by atoms with Crippen LogP contribution < -0.4 is 10.5 Å². The van der Waals surface area contributed by atoms with Gasteiger partial charge in [-0.2, -0.15) is 0 Å². The summed E-state index contributed by atoms with van der Waals surface area (Å²) in [5.74, 6) is -0.00684. The molecule has 0 aromatic carbocycles. The van der Waals surface area contributed by atoms with Crippen molar-refractivity contribution in [1.82, 2.24) is 9.71 Å². The standard InChI is InChI=1S/C10H17N3O4S2/c11-5-9-4-10(6-12-9)19(16,17)13-8-2-1-3-18(14,15)7-8/h4,6,8,12-13H,1-3,5,7,11H2. The van der Waals surface area contributed by atoms with Crippen LogP contribution in [0.2, 0.25) is 0 Å². The summed E-state index contributed by atoms with van der Waals surface area (Å²) in [4.78, 5) is 2.83. The van der Waals surface area contributed by atoms with Crippen LogP contribution in [0.1, 0.15) is 18.5 Å². The van der Waals surface area contributed by atoms with Crippen LogP contribution in [0.4, 0.5) is 0 Å². The van der Waals surface area contributed by atoms with Crippen molar-refractivity contribution in [2.75, 3.05) is 11.5 Å². The van der Waals surface area contributed by atoms with Gasteiger partial charge in [-0.15, -0.1) is 0 Å². The first-order valence-corrected chi connectivity index (χ1v) is 9.23. The maximum absolute atomic E-state index is 12.1. The van der Waals surface area contributed by atoms with E-state index in [9.17, 15) is 16.8 Å². The topological polar surface area (TPSA) is 122 Å². The molecule has 19 heavy (non-hydrogen) atoms. The first-order valence-electron chi connectivity index (χ1n) is 5.92. The number of aromatic amines is 1. The summed E-state index contributed by atoms with van der Waals surface area (Å²) in [5.41, 5.74) is 6.01. The van der Waals surface area contributed by atoms with Crippen LogP contribution in [0.25, 0.3) is 0 Å². The molecular weight excluding hydrogens is 290 g/mol. The number of aromatic nitrogens is 1. The molecule has 4 N–H and O–H groups in total. The molecule has 0 saturated carbocycles. The fourth-order valence-electron chi connectivity index (χ4n) is 2.10. The van der Waals surface area contributed by atoms with E-state index >= 15 is 0 Å². The normalized spacial score (nSPS) is 23.3. The summed E-state index contributed by atoms with van der Waals surface area (Å²) in [6, 6.07) is 0.889. The van der Waals surface area contributed by atoms with E-state index in [1.807, 2.05) is 0 Å². The minimum absolute atomic E-state index is 0.0796. The third-order valence-corrected chi connectivity index (χ3v) is 6.35. The monoisotopic (exact) mass is 307 g/mol. The lowest BCUT2D eigenvalue weighted by atomic mass is 10.2. The molecule has 1 aliphatic rings. The first-order chi connectivity index (χ1) is 8.82. The molecule has 0 spiro atoms. The minimum Gasteiger partial charge on any atom is -0.363 e. The van der Waals surface area contributed by atoms with Crippen LogP contribution >= 0.6 is 0 Å². The average molecular weight is 307 g/mol. The molecule has 0 aliphatic carbocycles. The molecule has 2 rings (SSSR count). The SMILES string of the molecule is NCc1cc(S(=O)(=O)NC2CCCS(=O)(=O)C2)c[nH]1. The zero-order chi connectivity index (χ0) is 14.1. The minimum atomic E-state index is -3.70. The number of sulfonamides is 1. The van der Waals surface area contributed by atoms with Gasteiger partial charge in [0, 0.05) is 24.5 Å². The predicted octanol–water partition coefficient (Wildman–Crippen LogP) is -0.671. The molecule has 2 heterocycles. The van der Waals surface area contributed by atoms with Gasteiger partial charge in [-0.25, -0.2) is 21.6 Å². The highest BCUT2D eigenvalue weighted by Gasteiger charge is 2.29. The fraction of sp³-hybridized carbons (Fsp3) is 0.600. The Morgan fingerprint density at radius 2 is 2.21 bits per heavy atom. The van der Waals surface area contributed by atoms with E-state index in [4.69, 9.17) is 5.73 Å². The quantitative estimate of drug-likeness (QED) is 0.681. The highest BCUT2D eigenvalue weighted by Crippen LogP contribution is 2.16. The molecule has 108 valence electrons. The smallest absolute Gasteiger partial charge is 0.242 e. The van der Waals surface area contributed by atoms with Crippen molar-refractivity contribution in [2.45, 2.75) is 30.3 Å². The lowest BCUT2D eigenvalue weighted by molar-refractivity contribution is 0.517. The largest absolute Gasteiger partial charge is 0.363 e. The molecule has 1 atom stereocenters. The van der Waals surface area contributed by atoms with Crippen LogP contribution in [0.15, 0.2) is 17.2 Å². The molecule has 1 unspecified atom stereocenters. The van der Waals surface area contributed by atoms with Crippen molar-refractivity contribution in [3.8, 4) is 0 Å². The second-order valence-electron chi connectivity index (χ2n) is 4.64. The Bertz CT molecular complexity index is 648. The Hall–Kier alpha value is -0.900. The summed E-state index contributed by atoms with van der Waals surface area (Å²) in [5, 5.41) is 0. The number of hydrogen-bond acceptors (Lipinski definition) is 5. The van der Waals surface area contributed by atoms with Gasteiger partial charge in [0.15, 0.2) is 9.84 Å². The van der Waals surface area contributed by atoms with Gasteiger partial charge in [-0.3, -0.25) is 0 Å². The van der Waals surface area contributed by atoms with Gasteiger partial charge in [-0.05, 0) is 18.9 Å². The van der Waals surface area contributed by atoms with Gasteiger partial charge in [0.1, 0.15) is 0 Å². The van der Waals surface area contributed by atoms with Crippen molar-refractivity contribution in [3.63, 3.8) is 0 Å². The van der Waals surface area contributed by atoms with E-state index < -0.39 is 25.9 Å². The maximum atomic E-state index is 12.1. The van der Waals surface area contributed by atoms with Crippen LogP contribution in [-0.2, 0) is 26.4 Å². The Balaban J connectivity index is 2.13. The van der Waals surface area contributed by atoms with Gasteiger partial charge >= 0.3 is 0 Å². The lowest BCUT2D eigenvalue weighted by Crippen LogP contribution is -2.43. The van der Waals surface area contributed by atoms with Crippen LogP contribution in [-0.4, -0.2) is 39.4 Å². The molecule has 1 aromatic rings. The van der Waals surface area contributed by atoms with Crippen molar-refractivity contribution >= 4 is 19.9 Å². The van der Waals surface area contributed by atoms with E-state index in [1.54, 1.807) is 0 Å². The summed E-state index contributed by atoms with van der Waals surface area (Å²) < 4.78 is 49.5. The Kier molecular flexibility index (Phi) is 4.00. The van der Waals surface area contributed by atoms with Gasteiger partial charge in [-0.1, -0.05) is 0 Å². The number of sulfone groups is 1. The highest BCUT2D eigenvalue weighted by molar-refractivity contribution is 7.91. The van der Waals surface area contributed by atoms with Crippen LogP contribution in [0, 0.1) is 0 Å². The van der Waals surface area contributed by atoms with Crippen molar-refractivity contribution in [1.29, 1.82) is 0 Å². The van der Waals surface area contributed by atoms with E-state index in [-0.39, 0.29) is 22.9 Å². The first kappa shape index (κ1) is 14.5. The average Bonchev–Trinajstić information content (AvgIpc) is 2.76. The number of nitrogens with two attached hydrogens (primary N) is 1. The van der Waals surface area contributed by atoms with E-state index in [0.717, 1.165) is 0 Å². The number of nitrogens with one attached hydrogen (secondary N) is 2. The van der Waals surface area contributed by atoms with E-state index in [0.29, 0.717) is 18.5 Å². The molecule has 0 amide bonds. The van der Waals surface area contributed by atoms with E-state index in [2.05, 4.69) is 9.71 Å². The molecule has 1 saturated heterocycles. The van der Waals surface area contributed by atoms with Crippen molar-refractivity contribution in [2.24, 2.45) is 5.73 Å². The van der Waals surface area contributed by atoms with Gasteiger partial charge < -0.3 is 10.7 Å². The summed E-state index contributed by atoms with van der Waals surface area (Å²) >= 11 is 0. The third kappa shape index (κ3) is 3.56. The zero-order valence-electron chi connectivity index (χ0n) is 10.3. The zero-order valence-corrected chi connectivity index (χ0v) is 11.9. The molecule has 1 aromatic heterocycles. The van der Waals surface area contributed by atoms with Gasteiger partial charge in [0.2, 0.25) is 10.0 Å². The molecule has 1 aliphatic heterocycles. The molecule has 7 nitrogen and oxygen atoms in total. The molecule has 0 radical (unpaired) electrons. The fourth-order valence-corrected chi connectivity index (χ4v) is 5.12. The Morgan fingerprint density at radius 1 is 1.47 bits per heavy atom. The number of H-pyrrole nitrogens is 1. The lowest BCUT2D eigenvalue weighted by Gasteiger charge is -2.22. The highest BCUT2D eigenvalue weighted by atomic mass is 32.2. The van der Waals surface area contributed by atoms with Crippen molar-refractivity contribution in [3.05, 3.63) is 18.0 Å². The molecule has 0 bridgehead atoms. The summed E-state index contributed by atoms with van der Waals surface area (Å²) in [7, 11) is -6.84. The van der Waals surface area contributed by atoms with Gasteiger partial charge in [0.25, 0.3) is 0 Å². The molecule has 1 fully saturated rings. The molecule has 9 heteroatoms. The van der Waals surface area contributed by atoms with Crippen LogP contribution in [0.3, 0.4) is 0 Å².